The Morgan fingerprint density at radius 1 is 1.17 bits per heavy atom. The molecule has 1 heterocycles. The number of imide groups is 1. The number of methoxy groups -OCH3 is 1. The highest BCUT2D eigenvalue weighted by atomic mass is 79.9. The van der Waals surface area contributed by atoms with Crippen molar-refractivity contribution >= 4 is 72.8 Å². The minimum atomic E-state index is -0.652. The quantitative estimate of drug-likeness (QED) is 0.374. The van der Waals surface area contributed by atoms with Crippen LogP contribution in [0.1, 0.15) is 19.4 Å². The van der Waals surface area contributed by atoms with Crippen molar-refractivity contribution in [3.8, 4) is 5.75 Å². The van der Waals surface area contributed by atoms with Crippen molar-refractivity contribution in [3.63, 3.8) is 0 Å². The average molecular weight is 551 g/mol. The molecule has 1 aliphatic heterocycles. The van der Waals surface area contributed by atoms with Crippen LogP contribution in [0.15, 0.2) is 26.0 Å². The van der Waals surface area contributed by atoms with Gasteiger partial charge in [-0.1, -0.05) is 0 Å². The van der Waals surface area contributed by atoms with E-state index >= 15 is 0 Å². The summed E-state index contributed by atoms with van der Waals surface area (Å²) < 4.78 is 16.0. The van der Waals surface area contributed by atoms with E-state index in [2.05, 4.69) is 36.6 Å². The topological polar surface area (TPSA) is 99.2 Å². The molecule has 0 atom stereocenters. The summed E-state index contributed by atoms with van der Waals surface area (Å²) in [6.07, 6.45) is 1.19. The zero-order valence-electron chi connectivity index (χ0n) is 15.7. The second-order valence-corrected chi connectivity index (χ2v) is 8.69. The van der Waals surface area contributed by atoms with E-state index in [1.165, 1.54) is 13.2 Å². The van der Waals surface area contributed by atoms with E-state index in [1.807, 2.05) is 0 Å². The van der Waals surface area contributed by atoms with Crippen molar-refractivity contribution in [1.82, 2.24) is 4.90 Å². The lowest BCUT2D eigenvalue weighted by Gasteiger charge is -2.13. The van der Waals surface area contributed by atoms with E-state index in [0.29, 0.717) is 20.3 Å². The Hall–Kier alpha value is -1.85. The largest absolute Gasteiger partial charge is 0.480 e. The maximum absolute atomic E-state index is 12.5. The lowest BCUT2D eigenvalue weighted by Crippen LogP contribution is -2.35. The molecule has 0 aromatic heterocycles. The molecule has 0 radical (unpaired) electrons. The van der Waals surface area contributed by atoms with E-state index in [0.717, 1.165) is 16.7 Å². The number of carbonyl (C=O) groups excluding carboxylic acids is 4. The first-order valence-electron chi connectivity index (χ1n) is 8.26. The zero-order valence-corrected chi connectivity index (χ0v) is 19.7. The lowest BCUT2D eigenvalue weighted by molar-refractivity contribution is -0.149. The summed E-state index contributed by atoms with van der Waals surface area (Å²) in [4.78, 5) is 48.6. The Morgan fingerprint density at radius 2 is 1.79 bits per heavy atom. The number of rotatable bonds is 7. The molecule has 0 N–H and O–H groups in total. The fourth-order valence-corrected chi connectivity index (χ4v) is 4.50. The van der Waals surface area contributed by atoms with Crippen molar-refractivity contribution in [1.29, 1.82) is 0 Å². The number of hydrogen-bond donors (Lipinski definition) is 0. The molecule has 0 aliphatic carbocycles. The van der Waals surface area contributed by atoms with Crippen LogP contribution in [0.5, 0.6) is 5.75 Å². The van der Waals surface area contributed by atoms with Gasteiger partial charge in [-0.25, -0.2) is 4.79 Å². The summed E-state index contributed by atoms with van der Waals surface area (Å²) in [5.74, 6) is -1.37. The monoisotopic (exact) mass is 549 g/mol. The van der Waals surface area contributed by atoms with Crippen molar-refractivity contribution in [3.05, 3.63) is 31.5 Å². The number of nitrogens with zero attached hydrogens (tertiary/aromatic N) is 1. The normalized spacial score (nSPS) is 15.2. The molecule has 29 heavy (non-hydrogen) atoms. The first-order chi connectivity index (χ1) is 13.6. The van der Waals surface area contributed by atoms with Gasteiger partial charge in [-0.2, -0.15) is 0 Å². The van der Waals surface area contributed by atoms with E-state index in [-0.39, 0.29) is 17.6 Å². The molecular formula is C18H17Br2NO7S. The maximum Gasteiger partial charge on any atom is 0.343 e. The molecule has 8 nitrogen and oxygen atoms in total. The third-order valence-corrected chi connectivity index (χ3v) is 5.49. The van der Waals surface area contributed by atoms with Crippen molar-refractivity contribution in [2.45, 2.75) is 20.0 Å². The fourth-order valence-electron chi connectivity index (χ4n) is 2.21. The summed E-state index contributed by atoms with van der Waals surface area (Å²) in [6.45, 7) is 2.66. The van der Waals surface area contributed by atoms with Crippen LogP contribution in [0.3, 0.4) is 0 Å². The van der Waals surface area contributed by atoms with Crippen LogP contribution in [0.2, 0.25) is 0 Å². The first kappa shape index (κ1) is 23.4. The average Bonchev–Trinajstić information content (AvgIpc) is 2.87. The van der Waals surface area contributed by atoms with Gasteiger partial charge in [0.15, 0.2) is 6.61 Å². The van der Waals surface area contributed by atoms with Crippen LogP contribution in [-0.4, -0.2) is 54.4 Å². The summed E-state index contributed by atoms with van der Waals surface area (Å²) in [5, 5.41) is -0.543. The van der Waals surface area contributed by atoms with Gasteiger partial charge in [-0.05, 0) is 81.2 Å². The first-order valence-corrected chi connectivity index (χ1v) is 10.7. The Labute approximate surface area is 188 Å². The molecule has 1 aliphatic rings. The molecular weight excluding hydrogens is 534 g/mol. The minimum Gasteiger partial charge on any atom is -0.480 e. The van der Waals surface area contributed by atoms with Gasteiger partial charge in [0.25, 0.3) is 11.1 Å². The van der Waals surface area contributed by atoms with Crippen LogP contribution in [-0.2, 0) is 23.9 Å². The highest BCUT2D eigenvalue weighted by Gasteiger charge is 2.36. The molecule has 0 spiro atoms. The van der Waals surface area contributed by atoms with Crippen molar-refractivity contribution < 1.29 is 33.4 Å². The number of carbonyl (C=O) groups is 4. The molecule has 1 aromatic rings. The highest BCUT2D eigenvalue weighted by Crippen LogP contribution is 2.37. The summed E-state index contributed by atoms with van der Waals surface area (Å²) >= 11 is 7.43. The summed E-state index contributed by atoms with van der Waals surface area (Å²) in [6, 6.07) is 3.33. The molecule has 0 bridgehead atoms. The summed E-state index contributed by atoms with van der Waals surface area (Å²) in [7, 11) is 1.26. The Balaban J connectivity index is 2.17. The third-order valence-electron chi connectivity index (χ3n) is 3.41. The van der Waals surface area contributed by atoms with Gasteiger partial charge in [-0.3, -0.25) is 19.3 Å². The number of esters is 2. The molecule has 2 amide bonds. The highest BCUT2D eigenvalue weighted by molar-refractivity contribution is 9.11. The van der Waals surface area contributed by atoms with E-state index < -0.39 is 29.6 Å². The molecule has 1 aromatic carbocycles. The predicted molar refractivity (Wildman–Crippen MR) is 113 cm³/mol. The van der Waals surface area contributed by atoms with Crippen molar-refractivity contribution in [2.24, 2.45) is 0 Å². The van der Waals surface area contributed by atoms with Gasteiger partial charge in [0.1, 0.15) is 12.3 Å². The Bertz CT molecular complexity index is 862. The van der Waals surface area contributed by atoms with Crippen LogP contribution in [0, 0.1) is 0 Å². The third kappa shape index (κ3) is 6.31. The standard InChI is InChI=1S/C18H17Br2NO7S/c1-9(2)28-14(22)7-21-17(24)13(29-18(21)25)6-10-4-11(19)16(12(20)5-10)27-8-15(23)26-3/h4-6,9H,7-8H2,1-3H3/b13-6+. The second kappa shape index (κ2) is 10.3. The van der Waals surface area contributed by atoms with Crippen LogP contribution in [0.25, 0.3) is 6.08 Å². The van der Waals surface area contributed by atoms with Crippen LogP contribution in [0.4, 0.5) is 4.79 Å². The Kier molecular flexibility index (Phi) is 8.29. The SMILES string of the molecule is COC(=O)COc1c(Br)cc(/C=C2/SC(=O)N(CC(=O)OC(C)C)C2=O)cc1Br. The molecule has 2 rings (SSSR count). The number of thioether (sulfide) groups is 1. The van der Waals surface area contributed by atoms with Crippen LogP contribution < -0.4 is 4.74 Å². The van der Waals surface area contributed by atoms with Gasteiger partial charge in [0.2, 0.25) is 0 Å². The molecule has 1 saturated heterocycles. The molecule has 0 saturated carbocycles. The van der Waals surface area contributed by atoms with Gasteiger partial charge in [0, 0.05) is 0 Å². The predicted octanol–water partition coefficient (Wildman–Crippen LogP) is 3.75. The number of ether oxygens (including phenoxy) is 3. The van der Waals surface area contributed by atoms with Gasteiger partial charge < -0.3 is 14.2 Å². The number of hydrogen-bond acceptors (Lipinski definition) is 8. The summed E-state index contributed by atoms with van der Waals surface area (Å²) in [5.41, 5.74) is 0.601. The Morgan fingerprint density at radius 3 is 2.34 bits per heavy atom. The minimum absolute atomic E-state index is 0.175. The smallest absolute Gasteiger partial charge is 0.343 e. The number of halogens is 2. The molecule has 156 valence electrons. The molecule has 11 heteroatoms. The van der Waals surface area contributed by atoms with Gasteiger partial charge in [0.05, 0.1) is 27.1 Å². The van der Waals surface area contributed by atoms with E-state index in [9.17, 15) is 19.2 Å². The van der Waals surface area contributed by atoms with E-state index in [1.54, 1.807) is 26.0 Å². The fraction of sp³-hybridized carbons (Fsp3) is 0.333. The van der Waals surface area contributed by atoms with Crippen molar-refractivity contribution in [2.75, 3.05) is 20.3 Å². The zero-order chi connectivity index (χ0) is 21.7. The van der Waals surface area contributed by atoms with Crippen LogP contribution >= 0.6 is 43.6 Å². The lowest BCUT2D eigenvalue weighted by atomic mass is 10.2. The second-order valence-electron chi connectivity index (χ2n) is 5.98. The molecule has 1 fully saturated rings. The van der Waals surface area contributed by atoms with Gasteiger partial charge >= 0.3 is 11.9 Å². The van der Waals surface area contributed by atoms with E-state index in [4.69, 9.17) is 9.47 Å². The maximum atomic E-state index is 12.5. The van der Waals surface area contributed by atoms with Gasteiger partial charge in [-0.15, -0.1) is 0 Å². The molecule has 0 unspecified atom stereocenters. The number of amides is 2. The number of benzene rings is 1.